The number of aromatic nitrogens is 1. The van der Waals surface area contributed by atoms with Crippen molar-refractivity contribution in [3.8, 4) is 34.1 Å². The number of nitrogens with zero attached hydrogens (tertiary/aromatic N) is 1. The molecule has 0 aliphatic rings. The first-order valence-electron chi connectivity index (χ1n) is 11.0. The Kier molecular flexibility index (Phi) is 5.49. The summed E-state index contributed by atoms with van der Waals surface area (Å²) in [5.41, 5.74) is 4.79. The van der Waals surface area contributed by atoms with Crippen molar-refractivity contribution in [1.29, 1.82) is 0 Å². The lowest BCUT2D eigenvalue weighted by atomic mass is 9.98. The first-order chi connectivity index (χ1) is 16.8. The molecule has 5 aromatic carbocycles. The van der Waals surface area contributed by atoms with Gasteiger partial charge in [0.15, 0.2) is 5.58 Å². The van der Waals surface area contributed by atoms with Gasteiger partial charge in [0.1, 0.15) is 5.52 Å². The third-order valence-electron chi connectivity index (χ3n) is 5.71. The average Bonchev–Trinajstić information content (AvgIpc) is 3.33. The molecule has 0 amide bonds. The van der Waals surface area contributed by atoms with E-state index in [1.165, 1.54) is 16.5 Å². The zero-order valence-corrected chi connectivity index (χ0v) is 19.4. The van der Waals surface area contributed by atoms with Crippen molar-refractivity contribution in [3.05, 3.63) is 115 Å². The molecule has 161 valence electrons. The van der Waals surface area contributed by atoms with Crippen molar-refractivity contribution in [2.24, 2.45) is 0 Å². The number of benzene rings is 5. The van der Waals surface area contributed by atoms with Gasteiger partial charge in [-0.3, -0.25) is 0 Å². The smallest absolute Gasteiger partial charge is 0.616 e. The Bertz CT molecular complexity index is 1560. The van der Waals surface area contributed by atoms with Crippen molar-refractivity contribution in [1.82, 2.24) is 4.98 Å². The molecule has 0 fully saturated rings. The van der Waals surface area contributed by atoms with E-state index in [2.05, 4.69) is 59.6 Å². The summed E-state index contributed by atoms with van der Waals surface area (Å²) in [5.74, 6) is 2.01. The highest BCUT2D eigenvalue weighted by Crippen LogP contribution is 2.33. The van der Waals surface area contributed by atoms with Crippen LogP contribution in [0.1, 0.15) is 0 Å². The second-order valence-corrected chi connectivity index (χ2v) is 8.53. The van der Waals surface area contributed by atoms with E-state index in [1.54, 1.807) is 0 Å². The van der Waals surface area contributed by atoms with Crippen LogP contribution in [0.5, 0.6) is 11.5 Å². The minimum atomic E-state index is -0.774. The maximum Gasteiger partial charge on any atom is 0.881 e. The molecule has 0 unspecified atom stereocenters. The van der Waals surface area contributed by atoms with Crippen LogP contribution in [0, 0.1) is 0 Å². The third-order valence-corrected chi connectivity index (χ3v) is 6.43. The third kappa shape index (κ3) is 4.04. The molecule has 4 nitrogen and oxygen atoms in total. The molecule has 6 rings (SSSR count). The highest BCUT2D eigenvalue weighted by molar-refractivity contribution is 6.21. The first-order valence-corrected chi connectivity index (χ1v) is 12.0. The van der Waals surface area contributed by atoms with Gasteiger partial charge in [0.05, 0.1) is 17.1 Å². The standard InChI is InChI=1S/C16H12O.C13H9NO2.Al/c17-14-9-10-16-13(11-14)7-4-8-15(16)12-5-2-1-3-6-12;15-11-7-3-1-5-9(11)13-14-10-6-2-4-8-12(10)16-13;/h1-11,17H;1-8,15H;/q;;+2/p-2. The second-order valence-electron chi connectivity index (χ2n) is 7.87. The first kappa shape index (κ1) is 20.6. The van der Waals surface area contributed by atoms with Gasteiger partial charge in [-0.2, -0.15) is 0 Å². The Labute approximate surface area is 203 Å². The van der Waals surface area contributed by atoms with Crippen molar-refractivity contribution in [3.63, 3.8) is 0 Å². The fourth-order valence-electron chi connectivity index (χ4n) is 4.07. The van der Waals surface area contributed by atoms with E-state index in [1.807, 2.05) is 60.7 Å². The van der Waals surface area contributed by atoms with Gasteiger partial charge in [-0.1, -0.05) is 78.9 Å². The zero-order valence-electron chi connectivity index (χ0n) is 18.2. The molecular formula is C29H19AlNO3. The van der Waals surface area contributed by atoms with E-state index < -0.39 is 15.9 Å². The predicted octanol–water partition coefficient (Wildman–Crippen LogP) is 7.31. The fourth-order valence-corrected chi connectivity index (χ4v) is 4.68. The van der Waals surface area contributed by atoms with E-state index in [0.717, 1.165) is 27.8 Å². The normalized spacial score (nSPS) is 10.9. The summed E-state index contributed by atoms with van der Waals surface area (Å²) in [6, 6.07) is 38.4. The predicted molar refractivity (Wildman–Crippen MR) is 136 cm³/mol. The van der Waals surface area contributed by atoms with Crippen molar-refractivity contribution >= 4 is 37.8 Å². The van der Waals surface area contributed by atoms with E-state index in [-0.39, 0.29) is 0 Å². The topological polar surface area (TPSA) is 44.5 Å². The largest absolute Gasteiger partial charge is 0.881 e. The minimum absolute atomic E-state index is 0.537. The Balaban J connectivity index is 1.21. The molecule has 0 saturated heterocycles. The van der Waals surface area contributed by atoms with Crippen molar-refractivity contribution in [2.45, 2.75) is 0 Å². The van der Waals surface area contributed by atoms with E-state index in [9.17, 15) is 0 Å². The van der Waals surface area contributed by atoms with Crippen LogP contribution < -0.4 is 7.58 Å². The average molecular weight is 456 g/mol. The molecule has 34 heavy (non-hydrogen) atoms. The van der Waals surface area contributed by atoms with Gasteiger partial charge in [0.2, 0.25) is 5.89 Å². The monoisotopic (exact) mass is 456 g/mol. The molecule has 0 aliphatic heterocycles. The minimum Gasteiger partial charge on any atom is -0.616 e. The zero-order chi connectivity index (χ0) is 22.7. The molecular weight excluding hydrogens is 437 g/mol. The second kappa shape index (κ2) is 9.07. The molecule has 1 heterocycles. The number of rotatable bonds is 6. The lowest BCUT2D eigenvalue weighted by molar-refractivity contribution is 0.459. The van der Waals surface area contributed by atoms with Crippen molar-refractivity contribution < 1.29 is 12.0 Å². The quantitative estimate of drug-likeness (QED) is 0.247. The number of hydrogen-bond donors (Lipinski definition) is 0. The Morgan fingerprint density at radius 3 is 2.35 bits per heavy atom. The van der Waals surface area contributed by atoms with Gasteiger partial charge in [0, 0.05) is 0 Å². The van der Waals surface area contributed by atoms with Crippen LogP contribution in [0.2, 0.25) is 0 Å². The SMILES string of the molecule is c1ccc(-c2cccc3cc([O][Al][O]c4ccccc4-c4nc5ccccc5o4)ccc23)cc1. The van der Waals surface area contributed by atoms with Crippen LogP contribution in [0.3, 0.4) is 0 Å². The summed E-state index contributed by atoms with van der Waals surface area (Å²) in [4.78, 5) is 4.60. The molecule has 6 aromatic rings. The van der Waals surface area contributed by atoms with Gasteiger partial charge in [-0.05, 0) is 58.3 Å². The molecule has 0 spiro atoms. The van der Waals surface area contributed by atoms with Gasteiger partial charge in [-0.25, -0.2) is 4.98 Å². The summed E-state index contributed by atoms with van der Waals surface area (Å²) >= 11 is -0.774. The summed E-state index contributed by atoms with van der Waals surface area (Å²) < 4.78 is 18.0. The Hall–Kier alpha value is -4.04. The molecule has 5 heteroatoms. The molecule has 0 aliphatic carbocycles. The van der Waals surface area contributed by atoms with Crippen LogP contribution in [-0.4, -0.2) is 20.9 Å². The Morgan fingerprint density at radius 2 is 1.44 bits per heavy atom. The van der Waals surface area contributed by atoms with Gasteiger partial charge in [-0.15, -0.1) is 0 Å². The molecule has 1 aromatic heterocycles. The lowest BCUT2D eigenvalue weighted by Gasteiger charge is -2.12. The molecule has 0 saturated carbocycles. The number of para-hydroxylation sites is 3. The van der Waals surface area contributed by atoms with E-state index in [4.69, 9.17) is 12.0 Å². The van der Waals surface area contributed by atoms with E-state index >= 15 is 0 Å². The van der Waals surface area contributed by atoms with Crippen LogP contribution in [0.4, 0.5) is 0 Å². The maximum absolute atomic E-state index is 6.06. The van der Waals surface area contributed by atoms with E-state index in [0.29, 0.717) is 11.6 Å². The van der Waals surface area contributed by atoms with Gasteiger partial charge < -0.3 is 12.0 Å². The lowest BCUT2D eigenvalue weighted by Crippen LogP contribution is -2.11. The number of fused-ring (bicyclic) bond motifs is 2. The maximum atomic E-state index is 6.06. The number of oxazole rings is 1. The number of hydrogen-bond acceptors (Lipinski definition) is 4. The Morgan fingerprint density at radius 1 is 0.647 bits per heavy atom. The van der Waals surface area contributed by atoms with Gasteiger partial charge >= 0.3 is 15.9 Å². The molecule has 0 N–H and O–H groups in total. The summed E-state index contributed by atoms with van der Waals surface area (Å²) in [6.07, 6.45) is 0. The van der Waals surface area contributed by atoms with Crippen LogP contribution in [0.25, 0.3) is 44.5 Å². The fraction of sp³-hybridized carbons (Fsp3) is 0. The summed E-state index contributed by atoms with van der Waals surface area (Å²) in [7, 11) is 0. The summed E-state index contributed by atoms with van der Waals surface area (Å²) in [6.45, 7) is 0. The molecule has 0 atom stereocenters. The highest BCUT2D eigenvalue weighted by atomic mass is 27.2. The molecule has 0 bridgehead atoms. The van der Waals surface area contributed by atoms with Crippen LogP contribution in [-0.2, 0) is 0 Å². The highest BCUT2D eigenvalue weighted by Gasteiger charge is 2.15. The summed E-state index contributed by atoms with van der Waals surface area (Å²) in [5, 5.41) is 2.32. The molecule has 1 radical (unpaired) electrons. The van der Waals surface area contributed by atoms with Gasteiger partial charge in [0.25, 0.3) is 0 Å². The van der Waals surface area contributed by atoms with Crippen LogP contribution >= 0.6 is 0 Å². The van der Waals surface area contributed by atoms with Crippen molar-refractivity contribution in [2.75, 3.05) is 0 Å². The van der Waals surface area contributed by atoms with Crippen LogP contribution in [0.15, 0.2) is 120 Å².